The maximum absolute atomic E-state index is 6.02. The molecule has 0 aliphatic carbocycles. The molecule has 1 rings (SSSR count). The van der Waals surface area contributed by atoms with Crippen LogP contribution in [0.15, 0.2) is 24.3 Å². The minimum absolute atomic E-state index is 0.371. The van der Waals surface area contributed by atoms with Crippen molar-refractivity contribution in [1.82, 2.24) is 10.2 Å². The molecule has 19 heavy (non-hydrogen) atoms. The maximum atomic E-state index is 6.02. The molecule has 0 spiro atoms. The summed E-state index contributed by atoms with van der Waals surface area (Å²) < 4.78 is 5.31. The van der Waals surface area contributed by atoms with Crippen molar-refractivity contribution in [2.75, 3.05) is 33.9 Å². The van der Waals surface area contributed by atoms with Gasteiger partial charge in [-0.2, -0.15) is 0 Å². The molecule has 0 aromatic heterocycles. The molecule has 0 fully saturated rings. The van der Waals surface area contributed by atoms with Gasteiger partial charge in [-0.1, -0.05) is 30.7 Å². The van der Waals surface area contributed by atoms with Gasteiger partial charge in [0.1, 0.15) is 0 Å². The third kappa shape index (κ3) is 6.39. The van der Waals surface area contributed by atoms with E-state index in [-0.39, 0.29) is 0 Å². The van der Waals surface area contributed by atoms with Crippen LogP contribution in [0.1, 0.15) is 18.9 Å². The third-order valence-electron chi connectivity index (χ3n) is 3.11. The molecule has 0 amide bonds. The first kappa shape index (κ1) is 16.4. The van der Waals surface area contributed by atoms with E-state index in [4.69, 9.17) is 16.3 Å². The Balaban J connectivity index is 2.52. The van der Waals surface area contributed by atoms with Crippen molar-refractivity contribution in [3.63, 3.8) is 0 Å². The van der Waals surface area contributed by atoms with E-state index in [1.807, 2.05) is 18.2 Å². The molecular weight excluding hydrogens is 260 g/mol. The molecule has 1 aromatic rings. The fourth-order valence-electron chi connectivity index (χ4n) is 2.03. The molecule has 3 nitrogen and oxygen atoms in total. The highest BCUT2D eigenvalue weighted by molar-refractivity contribution is 6.30. The normalized spacial score (nSPS) is 12.9. The number of hydrogen-bond donors (Lipinski definition) is 1. The molecule has 0 saturated carbocycles. The van der Waals surface area contributed by atoms with Gasteiger partial charge >= 0.3 is 0 Å². The lowest BCUT2D eigenvalue weighted by Crippen LogP contribution is -2.42. The molecular formula is C15H25ClN2O. The van der Waals surface area contributed by atoms with Crippen LogP contribution in [-0.2, 0) is 11.3 Å². The quantitative estimate of drug-likeness (QED) is 0.706. The Bertz CT molecular complexity index is 360. The highest BCUT2D eigenvalue weighted by Crippen LogP contribution is 2.13. The van der Waals surface area contributed by atoms with Gasteiger partial charge in [-0.05, 0) is 37.7 Å². The second kappa shape index (κ2) is 9.32. The molecule has 1 unspecified atom stereocenters. The summed E-state index contributed by atoms with van der Waals surface area (Å²) in [5, 5.41) is 4.24. The largest absolute Gasteiger partial charge is 0.383 e. The topological polar surface area (TPSA) is 24.5 Å². The summed E-state index contributed by atoms with van der Waals surface area (Å²) >= 11 is 6.02. The summed E-state index contributed by atoms with van der Waals surface area (Å²) in [6.07, 6.45) is 1.15. The highest BCUT2D eigenvalue weighted by atomic mass is 35.5. The van der Waals surface area contributed by atoms with Crippen LogP contribution in [-0.4, -0.2) is 44.8 Å². The Morgan fingerprint density at radius 2 is 2.21 bits per heavy atom. The number of ether oxygens (including phenoxy) is 1. The molecule has 1 N–H and O–H groups in total. The molecule has 0 heterocycles. The van der Waals surface area contributed by atoms with Crippen molar-refractivity contribution >= 4 is 11.6 Å². The van der Waals surface area contributed by atoms with Gasteiger partial charge in [0.05, 0.1) is 6.61 Å². The molecule has 0 bridgehead atoms. The molecule has 0 aliphatic heterocycles. The van der Waals surface area contributed by atoms with Crippen LogP contribution < -0.4 is 5.32 Å². The van der Waals surface area contributed by atoms with Gasteiger partial charge in [-0.3, -0.25) is 4.90 Å². The lowest BCUT2D eigenvalue weighted by atomic mass is 10.2. The van der Waals surface area contributed by atoms with Gasteiger partial charge in [0.15, 0.2) is 0 Å². The third-order valence-corrected chi connectivity index (χ3v) is 3.35. The Morgan fingerprint density at radius 1 is 1.42 bits per heavy atom. The summed E-state index contributed by atoms with van der Waals surface area (Å²) in [5.74, 6) is 0. The smallest absolute Gasteiger partial charge is 0.0630 e. The van der Waals surface area contributed by atoms with Crippen LogP contribution in [0.2, 0.25) is 5.02 Å². The summed E-state index contributed by atoms with van der Waals surface area (Å²) in [6, 6.07) is 8.38. The van der Waals surface area contributed by atoms with Crippen molar-refractivity contribution in [3.8, 4) is 0 Å². The Hall–Kier alpha value is -0.610. The number of hydrogen-bond acceptors (Lipinski definition) is 3. The Labute approximate surface area is 121 Å². The first-order chi connectivity index (χ1) is 9.17. The number of benzene rings is 1. The number of nitrogens with zero attached hydrogens (tertiary/aromatic N) is 1. The number of methoxy groups -OCH3 is 1. The van der Waals surface area contributed by atoms with Crippen LogP contribution >= 0.6 is 11.6 Å². The molecule has 0 radical (unpaired) electrons. The number of likely N-dealkylation sites (N-methyl/N-ethyl adjacent to an activating group) is 1. The SMILES string of the molecule is CCCNCC(COC)N(C)Cc1cccc(Cl)c1. The minimum Gasteiger partial charge on any atom is -0.383 e. The summed E-state index contributed by atoms with van der Waals surface area (Å²) in [5.41, 5.74) is 1.23. The lowest BCUT2D eigenvalue weighted by Gasteiger charge is -2.28. The van der Waals surface area contributed by atoms with Crippen LogP contribution in [0.3, 0.4) is 0 Å². The highest BCUT2D eigenvalue weighted by Gasteiger charge is 2.14. The summed E-state index contributed by atoms with van der Waals surface area (Å²) in [7, 11) is 3.87. The molecule has 4 heteroatoms. The molecule has 0 aliphatic rings. The van der Waals surface area contributed by atoms with Crippen LogP contribution in [0.25, 0.3) is 0 Å². The monoisotopic (exact) mass is 284 g/mol. The van der Waals surface area contributed by atoms with E-state index in [0.717, 1.165) is 37.7 Å². The van der Waals surface area contributed by atoms with E-state index >= 15 is 0 Å². The van der Waals surface area contributed by atoms with Crippen molar-refractivity contribution in [2.24, 2.45) is 0 Å². The fraction of sp³-hybridized carbons (Fsp3) is 0.600. The zero-order chi connectivity index (χ0) is 14.1. The Morgan fingerprint density at radius 3 is 2.84 bits per heavy atom. The van der Waals surface area contributed by atoms with Gasteiger partial charge < -0.3 is 10.1 Å². The predicted molar refractivity (Wildman–Crippen MR) is 81.7 cm³/mol. The second-order valence-electron chi connectivity index (χ2n) is 4.86. The molecule has 0 saturated heterocycles. The van der Waals surface area contributed by atoms with E-state index in [0.29, 0.717) is 6.04 Å². The predicted octanol–water partition coefficient (Wildman–Crippen LogP) is 2.79. The first-order valence-corrected chi connectivity index (χ1v) is 7.19. The van der Waals surface area contributed by atoms with Crippen molar-refractivity contribution in [2.45, 2.75) is 25.9 Å². The van der Waals surface area contributed by atoms with Crippen LogP contribution in [0, 0.1) is 0 Å². The van der Waals surface area contributed by atoms with Gasteiger partial charge in [-0.25, -0.2) is 0 Å². The van der Waals surface area contributed by atoms with Gasteiger partial charge in [0.25, 0.3) is 0 Å². The van der Waals surface area contributed by atoms with Crippen molar-refractivity contribution in [1.29, 1.82) is 0 Å². The number of rotatable bonds is 9. The summed E-state index contributed by atoms with van der Waals surface area (Å²) in [4.78, 5) is 2.30. The van der Waals surface area contributed by atoms with Crippen molar-refractivity contribution in [3.05, 3.63) is 34.9 Å². The second-order valence-corrected chi connectivity index (χ2v) is 5.29. The first-order valence-electron chi connectivity index (χ1n) is 6.81. The van der Waals surface area contributed by atoms with E-state index in [9.17, 15) is 0 Å². The number of halogens is 1. The van der Waals surface area contributed by atoms with Crippen LogP contribution in [0.5, 0.6) is 0 Å². The fourth-order valence-corrected chi connectivity index (χ4v) is 2.25. The minimum atomic E-state index is 0.371. The lowest BCUT2D eigenvalue weighted by molar-refractivity contribution is 0.101. The molecule has 108 valence electrons. The standard InChI is InChI=1S/C15H25ClN2O/c1-4-8-17-10-15(12-19-3)18(2)11-13-6-5-7-14(16)9-13/h5-7,9,15,17H,4,8,10-12H2,1-3H3. The number of nitrogens with one attached hydrogen (secondary N) is 1. The van der Waals surface area contributed by atoms with E-state index in [1.165, 1.54) is 5.56 Å². The van der Waals surface area contributed by atoms with Crippen LogP contribution in [0.4, 0.5) is 0 Å². The zero-order valence-electron chi connectivity index (χ0n) is 12.2. The van der Waals surface area contributed by atoms with Gasteiger partial charge in [-0.15, -0.1) is 0 Å². The van der Waals surface area contributed by atoms with Crippen molar-refractivity contribution < 1.29 is 4.74 Å². The average molecular weight is 285 g/mol. The summed E-state index contributed by atoms with van der Waals surface area (Å²) in [6.45, 7) is 5.77. The Kier molecular flexibility index (Phi) is 8.07. The van der Waals surface area contributed by atoms with E-state index in [1.54, 1.807) is 7.11 Å². The molecule has 1 aromatic carbocycles. The van der Waals surface area contributed by atoms with Gasteiger partial charge in [0.2, 0.25) is 0 Å². The van der Waals surface area contributed by atoms with Gasteiger partial charge in [0, 0.05) is 31.3 Å². The zero-order valence-corrected chi connectivity index (χ0v) is 12.9. The molecule has 1 atom stereocenters. The van der Waals surface area contributed by atoms with E-state index in [2.05, 4.69) is 30.3 Å². The average Bonchev–Trinajstić information content (AvgIpc) is 2.38. The van der Waals surface area contributed by atoms with E-state index < -0.39 is 0 Å². The maximum Gasteiger partial charge on any atom is 0.0630 e.